The van der Waals surface area contributed by atoms with Gasteiger partial charge in [-0.2, -0.15) is 4.99 Å². The lowest BCUT2D eigenvalue weighted by Crippen LogP contribution is -2.33. The number of guanidine groups is 1. The Bertz CT molecular complexity index is 635. The van der Waals surface area contributed by atoms with Crippen LogP contribution in [0.5, 0.6) is 0 Å². The molecule has 1 aliphatic rings. The summed E-state index contributed by atoms with van der Waals surface area (Å²) in [5.41, 5.74) is 18.1. The zero-order chi connectivity index (χ0) is 16.4. The van der Waals surface area contributed by atoms with Crippen LogP contribution in [-0.4, -0.2) is 29.2 Å². The van der Waals surface area contributed by atoms with Gasteiger partial charge in [0, 0.05) is 17.8 Å². The van der Waals surface area contributed by atoms with E-state index in [9.17, 15) is 9.59 Å². The monoisotopic (exact) mass is 303 g/mol. The Labute approximate surface area is 129 Å². The molecule has 2 rings (SSSR count). The van der Waals surface area contributed by atoms with Crippen molar-refractivity contribution in [1.29, 1.82) is 0 Å². The van der Waals surface area contributed by atoms with E-state index in [-0.39, 0.29) is 30.2 Å². The number of hydrogen-bond donors (Lipinski definition) is 3. The van der Waals surface area contributed by atoms with E-state index in [1.807, 2.05) is 13.8 Å². The largest absolute Gasteiger partial charge is 0.399 e. The Morgan fingerprint density at radius 2 is 2.05 bits per heavy atom. The third-order valence-corrected chi connectivity index (χ3v) is 3.49. The van der Waals surface area contributed by atoms with Crippen molar-refractivity contribution in [3.63, 3.8) is 0 Å². The van der Waals surface area contributed by atoms with Crippen LogP contribution >= 0.6 is 0 Å². The van der Waals surface area contributed by atoms with Gasteiger partial charge < -0.3 is 22.1 Å². The molecule has 0 fully saturated rings. The van der Waals surface area contributed by atoms with Crippen molar-refractivity contribution >= 4 is 23.5 Å². The first-order valence-electron chi connectivity index (χ1n) is 7.12. The molecule has 0 aliphatic carbocycles. The van der Waals surface area contributed by atoms with E-state index >= 15 is 0 Å². The summed E-state index contributed by atoms with van der Waals surface area (Å²) in [6.45, 7) is 4.58. The van der Waals surface area contributed by atoms with Crippen molar-refractivity contribution in [2.75, 3.05) is 12.3 Å². The highest BCUT2D eigenvalue weighted by molar-refractivity contribution is 6.01. The van der Waals surface area contributed by atoms with Crippen LogP contribution in [0.4, 0.5) is 5.69 Å². The lowest BCUT2D eigenvalue weighted by Gasteiger charge is -2.26. The first-order chi connectivity index (χ1) is 10.3. The number of aliphatic imine (C=N–C) groups is 1. The summed E-state index contributed by atoms with van der Waals surface area (Å²) in [4.78, 5) is 29.7. The molecule has 118 valence electrons. The van der Waals surface area contributed by atoms with Crippen LogP contribution in [0.3, 0.4) is 0 Å². The number of rotatable bonds is 4. The van der Waals surface area contributed by atoms with Gasteiger partial charge >= 0.3 is 0 Å². The highest BCUT2D eigenvalue weighted by Crippen LogP contribution is 2.37. The van der Waals surface area contributed by atoms with Gasteiger partial charge in [0.2, 0.25) is 0 Å². The van der Waals surface area contributed by atoms with Gasteiger partial charge in [-0.3, -0.25) is 9.59 Å². The molecule has 1 aromatic rings. The molecule has 1 heterocycles. The van der Waals surface area contributed by atoms with Crippen LogP contribution in [0.15, 0.2) is 23.2 Å². The van der Waals surface area contributed by atoms with Gasteiger partial charge in [-0.25, -0.2) is 0 Å². The highest BCUT2D eigenvalue weighted by atomic mass is 16.2. The number of anilines is 1. The Morgan fingerprint density at radius 1 is 1.36 bits per heavy atom. The Kier molecular flexibility index (Phi) is 4.35. The summed E-state index contributed by atoms with van der Waals surface area (Å²) in [6, 6.07) is 4.80. The molecule has 22 heavy (non-hydrogen) atoms. The van der Waals surface area contributed by atoms with E-state index in [0.717, 1.165) is 5.56 Å². The molecule has 0 saturated heterocycles. The summed E-state index contributed by atoms with van der Waals surface area (Å²) >= 11 is 0. The summed E-state index contributed by atoms with van der Waals surface area (Å²) in [5.74, 6) is -0.562. The van der Waals surface area contributed by atoms with Crippen LogP contribution in [-0.2, 0) is 4.79 Å². The number of nitrogens with two attached hydrogens (primary N) is 3. The van der Waals surface area contributed by atoms with Crippen LogP contribution in [0.2, 0.25) is 0 Å². The fourth-order valence-corrected chi connectivity index (χ4v) is 2.69. The number of amides is 2. The van der Waals surface area contributed by atoms with Gasteiger partial charge in [0.25, 0.3) is 11.8 Å². The van der Waals surface area contributed by atoms with E-state index in [0.29, 0.717) is 17.8 Å². The third kappa shape index (κ3) is 3.19. The molecule has 7 heteroatoms. The fourth-order valence-electron chi connectivity index (χ4n) is 2.69. The first kappa shape index (κ1) is 15.8. The zero-order valence-electron chi connectivity index (χ0n) is 12.7. The molecule has 7 nitrogen and oxygen atoms in total. The second-order valence-electron chi connectivity index (χ2n) is 5.85. The molecule has 2 amide bonds. The molecule has 0 radical (unpaired) electrons. The van der Waals surface area contributed by atoms with Gasteiger partial charge in [0.15, 0.2) is 5.96 Å². The van der Waals surface area contributed by atoms with Gasteiger partial charge in [0.1, 0.15) is 0 Å². The van der Waals surface area contributed by atoms with Crippen LogP contribution in [0.1, 0.15) is 42.2 Å². The van der Waals surface area contributed by atoms with E-state index in [1.165, 1.54) is 0 Å². The SMILES string of the molecule is CC(C)CN1C(=O)c2cc(N)ccc2C1CC(=O)N=C(N)N. The first-order valence-corrected chi connectivity index (χ1v) is 7.12. The number of benzene rings is 1. The second-order valence-corrected chi connectivity index (χ2v) is 5.85. The van der Waals surface area contributed by atoms with E-state index < -0.39 is 5.91 Å². The molecule has 0 saturated carbocycles. The molecule has 1 atom stereocenters. The minimum atomic E-state index is -0.448. The van der Waals surface area contributed by atoms with Crippen molar-refractivity contribution in [3.05, 3.63) is 29.3 Å². The Balaban J connectivity index is 2.36. The van der Waals surface area contributed by atoms with Crippen LogP contribution in [0.25, 0.3) is 0 Å². The van der Waals surface area contributed by atoms with E-state index in [2.05, 4.69) is 4.99 Å². The van der Waals surface area contributed by atoms with Crippen LogP contribution in [0, 0.1) is 5.92 Å². The molecule has 1 aliphatic heterocycles. The van der Waals surface area contributed by atoms with E-state index in [4.69, 9.17) is 17.2 Å². The maximum Gasteiger partial charge on any atom is 0.254 e. The summed E-state index contributed by atoms with van der Waals surface area (Å²) in [6.07, 6.45) is 0.0489. The van der Waals surface area contributed by atoms with Crippen LogP contribution < -0.4 is 17.2 Å². The predicted molar refractivity (Wildman–Crippen MR) is 84.9 cm³/mol. The minimum Gasteiger partial charge on any atom is -0.399 e. The summed E-state index contributed by atoms with van der Waals surface area (Å²) in [7, 11) is 0. The third-order valence-electron chi connectivity index (χ3n) is 3.49. The van der Waals surface area contributed by atoms with Gasteiger partial charge in [0.05, 0.1) is 12.5 Å². The van der Waals surface area contributed by atoms with Gasteiger partial charge in [-0.15, -0.1) is 0 Å². The molecule has 0 spiro atoms. The van der Waals surface area contributed by atoms with Crippen molar-refractivity contribution in [3.8, 4) is 0 Å². The predicted octanol–water partition coefficient (Wildman–Crippen LogP) is 0.612. The fraction of sp³-hybridized carbons (Fsp3) is 0.400. The van der Waals surface area contributed by atoms with Crippen molar-refractivity contribution in [1.82, 2.24) is 4.90 Å². The average Bonchev–Trinajstić information content (AvgIpc) is 2.62. The highest BCUT2D eigenvalue weighted by Gasteiger charge is 2.37. The topological polar surface area (TPSA) is 128 Å². The van der Waals surface area contributed by atoms with E-state index in [1.54, 1.807) is 23.1 Å². The Morgan fingerprint density at radius 3 is 2.64 bits per heavy atom. The maximum atomic E-state index is 12.6. The molecule has 0 bridgehead atoms. The average molecular weight is 303 g/mol. The Hall–Kier alpha value is -2.57. The number of carbonyl (C=O) groups excluding carboxylic acids is 2. The quantitative estimate of drug-likeness (QED) is 0.426. The minimum absolute atomic E-state index is 0.0489. The number of nitrogens with zero attached hydrogens (tertiary/aromatic N) is 2. The molecule has 0 aromatic heterocycles. The summed E-state index contributed by atoms with van der Waals surface area (Å²) < 4.78 is 0. The summed E-state index contributed by atoms with van der Waals surface area (Å²) in [5, 5.41) is 0. The smallest absolute Gasteiger partial charge is 0.254 e. The van der Waals surface area contributed by atoms with Crippen molar-refractivity contribution < 1.29 is 9.59 Å². The molecule has 6 N–H and O–H groups in total. The lowest BCUT2D eigenvalue weighted by atomic mass is 10.0. The number of nitrogen functional groups attached to an aromatic ring is 1. The number of fused-ring (bicyclic) bond motifs is 1. The van der Waals surface area contributed by atoms with Crippen molar-refractivity contribution in [2.45, 2.75) is 26.3 Å². The molecule has 1 aromatic carbocycles. The second kappa shape index (κ2) is 6.05. The van der Waals surface area contributed by atoms with Gasteiger partial charge in [-0.05, 0) is 23.6 Å². The number of hydrogen-bond acceptors (Lipinski definition) is 3. The van der Waals surface area contributed by atoms with Crippen molar-refractivity contribution in [2.24, 2.45) is 22.4 Å². The molecule has 1 unspecified atom stereocenters. The molecular weight excluding hydrogens is 282 g/mol. The molecular formula is C15H21N5O2. The zero-order valence-corrected chi connectivity index (χ0v) is 12.7. The maximum absolute atomic E-state index is 12.6. The standard InChI is InChI=1S/C15H21N5O2/c1-8(2)7-20-12(6-13(21)19-15(17)18)10-4-3-9(16)5-11(10)14(20)22/h3-5,8,12H,6-7,16H2,1-2H3,(H4,17,18,19,21). The normalized spacial score (nSPS) is 16.8. The van der Waals surface area contributed by atoms with Gasteiger partial charge in [-0.1, -0.05) is 19.9 Å². The lowest BCUT2D eigenvalue weighted by molar-refractivity contribution is -0.118. The number of carbonyl (C=O) groups is 2.